The van der Waals surface area contributed by atoms with Gasteiger partial charge in [0.1, 0.15) is 5.75 Å². The van der Waals surface area contributed by atoms with Gasteiger partial charge in [0.15, 0.2) is 0 Å². The molecule has 3 rings (SSSR count). The maximum atomic E-state index is 13.1. The lowest BCUT2D eigenvalue weighted by molar-refractivity contribution is 0.402. The van der Waals surface area contributed by atoms with Crippen LogP contribution in [0.15, 0.2) is 53.4 Å². The molecule has 0 N–H and O–H groups in total. The summed E-state index contributed by atoms with van der Waals surface area (Å²) in [6, 6.07) is 14.4. The lowest BCUT2D eigenvalue weighted by Crippen LogP contribution is -2.34. The molecule has 2 aromatic carbocycles. The van der Waals surface area contributed by atoms with Gasteiger partial charge in [0.2, 0.25) is 10.0 Å². The van der Waals surface area contributed by atoms with Crippen LogP contribution >= 0.6 is 11.6 Å². The second kappa shape index (κ2) is 7.77. The predicted octanol–water partition coefficient (Wildman–Crippen LogP) is 4.31. The quantitative estimate of drug-likeness (QED) is 0.795. The second-order valence-electron chi connectivity index (χ2n) is 6.29. The number of halogens is 1. The number of hydrogen-bond acceptors (Lipinski definition) is 3. The Kier molecular flexibility index (Phi) is 5.67. The average molecular weight is 380 g/mol. The Morgan fingerprint density at radius 2 is 1.88 bits per heavy atom. The lowest BCUT2D eigenvalue weighted by Gasteiger charge is -2.24. The molecule has 1 aliphatic rings. The van der Waals surface area contributed by atoms with Crippen molar-refractivity contribution in [1.29, 1.82) is 0 Å². The van der Waals surface area contributed by atoms with Crippen molar-refractivity contribution in [2.45, 2.75) is 30.1 Å². The van der Waals surface area contributed by atoms with Crippen LogP contribution in [0.2, 0.25) is 5.02 Å². The SMILES string of the molecule is COc1cccc(S(=O)(=O)N2CCCCC(c3ccc(Cl)cc3)C2)c1. The molecule has 1 atom stereocenters. The van der Waals surface area contributed by atoms with Crippen LogP contribution in [0.3, 0.4) is 0 Å². The largest absolute Gasteiger partial charge is 0.497 e. The molecule has 0 radical (unpaired) electrons. The molecule has 0 aromatic heterocycles. The predicted molar refractivity (Wildman–Crippen MR) is 99.8 cm³/mol. The van der Waals surface area contributed by atoms with E-state index in [1.54, 1.807) is 28.6 Å². The van der Waals surface area contributed by atoms with Crippen LogP contribution in [0, 0.1) is 0 Å². The highest BCUT2D eigenvalue weighted by molar-refractivity contribution is 7.89. The molecule has 25 heavy (non-hydrogen) atoms. The molecule has 1 unspecified atom stereocenters. The second-order valence-corrected chi connectivity index (χ2v) is 8.66. The Hall–Kier alpha value is -1.56. The van der Waals surface area contributed by atoms with E-state index in [4.69, 9.17) is 16.3 Å². The van der Waals surface area contributed by atoms with Gasteiger partial charge in [-0.3, -0.25) is 0 Å². The number of sulfonamides is 1. The zero-order valence-electron chi connectivity index (χ0n) is 14.2. The van der Waals surface area contributed by atoms with E-state index in [-0.39, 0.29) is 10.8 Å². The van der Waals surface area contributed by atoms with Gasteiger partial charge in [-0.05, 0) is 48.6 Å². The monoisotopic (exact) mass is 379 g/mol. The maximum Gasteiger partial charge on any atom is 0.243 e. The van der Waals surface area contributed by atoms with Gasteiger partial charge in [0, 0.05) is 24.2 Å². The summed E-state index contributed by atoms with van der Waals surface area (Å²) >= 11 is 5.97. The van der Waals surface area contributed by atoms with E-state index in [2.05, 4.69) is 0 Å². The summed E-state index contributed by atoms with van der Waals surface area (Å²) in [6.07, 6.45) is 2.86. The van der Waals surface area contributed by atoms with Crippen molar-refractivity contribution in [3.05, 3.63) is 59.1 Å². The summed E-state index contributed by atoms with van der Waals surface area (Å²) in [4.78, 5) is 0.281. The van der Waals surface area contributed by atoms with E-state index in [9.17, 15) is 8.42 Å². The van der Waals surface area contributed by atoms with Crippen LogP contribution in [0.25, 0.3) is 0 Å². The molecule has 0 spiro atoms. The van der Waals surface area contributed by atoms with Crippen molar-refractivity contribution in [3.63, 3.8) is 0 Å². The molecule has 0 amide bonds. The molecule has 6 heteroatoms. The van der Waals surface area contributed by atoms with E-state index in [0.717, 1.165) is 24.8 Å². The zero-order valence-corrected chi connectivity index (χ0v) is 15.8. The summed E-state index contributed by atoms with van der Waals surface area (Å²) in [5.74, 6) is 0.727. The smallest absolute Gasteiger partial charge is 0.243 e. The topological polar surface area (TPSA) is 46.6 Å². The fraction of sp³-hybridized carbons (Fsp3) is 0.368. The first-order valence-electron chi connectivity index (χ1n) is 8.40. The molecular weight excluding hydrogens is 358 g/mol. The van der Waals surface area contributed by atoms with Crippen molar-refractivity contribution >= 4 is 21.6 Å². The van der Waals surface area contributed by atoms with Crippen molar-refractivity contribution in [3.8, 4) is 5.75 Å². The van der Waals surface area contributed by atoms with Gasteiger partial charge in [-0.25, -0.2) is 8.42 Å². The van der Waals surface area contributed by atoms with E-state index in [0.29, 0.717) is 23.9 Å². The average Bonchev–Trinajstić information content (AvgIpc) is 2.89. The van der Waals surface area contributed by atoms with Crippen molar-refractivity contribution in [1.82, 2.24) is 4.31 Å². The van der Waals surface area contributed by atoms with Gasteiger partial charge in [-0.15, -0.1) is 0 Å². The molecule has 1 aliphatic heterocycles. The third-order valence-corrected chi connectivity index (χ3v) is 6.77. The Labute approximate surface area is 154 Å². The van der Waals surface area contributed by atoms with Gasteiger partial charge in [0.05, 0.1) is 12.0 Å². The van der Waals surface area contributed by atoms with Crippen molar-refractivity contribution < 1.29 is 13.2 Å². The van der Waals surface area contributed by atoms with Gasteiger partial charge >= 0.3 is 0 Å². The first-order valence-corrected chi connectivity index (χ1v) is 10.2. The highest BCUT2D eigenvalue weighted by Crippen LogP contribution is 2.31. The van der Waals surface area contributed by atoms with E-state index in [1.807, 2.05) is 24.3 Å². The third kappa shape index (κ3) is 4.17. The van der Waals surface area contributed by atoms with Crippen LogP contribution in [-0.4, -0.2) is 32.9 Å². The van der Waals surface area contributed by atoms with E-state index >= 15 is 0 Å². The standard InChI is InChI=1S/C19H22ClNO3S/c1-24-18-6-4-7-19(13-18)25(22,23)21-12-3-2-5-16(14-21)15-8-10-17(20)11-9-15/h4,6-11,13,16H,2-3,5,12,14H2,1H3. The van der Waals surface area contributed by atoms with Gasteiger partial charge in [-0.1, -0.05) is 36.2 Å². The minimum Gasteiger partial charge on any atom is -0.497 e. The molecule has 4 nitrogen and oxygen atoms in total. The molecule has 1 heterocycles. The van der Waals surface area contributed by atoms with Crippen LogP contribution in [0.5, 0.6) is 5.75 Å². The molecular formula is C19H22ClNO3S. The van der Waals surface area contributed by atoms with Gasteiger partial charge < -0.3 is 4.74 Å². The first-order chi connectivity index (χ1) is 12.0. The molecule has 2 aromatic rings. The van der Waals surface area contributed by atoms with Crippen molar-refractivity contribution in [2.24, 2.45) is 0 Å². The van der Waals surface area contributed by atoms with Crippen molar-refractivity contribution in [2.75, 3.05) is 20.2 Å². The Bertz CT molecular complexity index is 821. The lowest BCUT2D eigenvalue weighted by atomic mass is 9.95. The fourth-order valence-electron chi connectivity index (χ4n) is 3.24. The molecule has 0 bridgehead atoms. The van der Waals surface area contributed by atoms with E-state index < -0.39 is 10.0 Å². The Morgan fingerprint density at radius 1 is 1.12 bits per heavy atom. The van der Waals surface area contributed by atoms with Gasteiger partial charge in [-0.2, -0.15) is 4.31 Å². The first kappa shape index (κ1) is 18.2. The Balaban J connectivity index is 1.87. The van der Waals surface area contributed by atoms with Crippen LogP contribution in [-0.2, 0) is 10.0 Å². The highest BCUT2D eigenvalue weighted by Gasteiger charge is 2.29. The molecule has 0 saturated carbocycles. The molecule has 1 saturated heterocycles. The van der Waals surface area contributed by atoms with Crippen LogP contribution < -0.4 is 4.74 Å². The summed E-state index contributed by atoms with van der Waals surface area (Å²) < 4.78 is 33.0. The van der Waals surface area contributed by atoms with Gasteiger partial charge in [0.25, 0.3) is 0 Å². The minimum atomic E-state index is -3.54. The normalized spacial score (nSPS) is 19.4. The highest BCUT2D eigenvalue weighted by atomic mass is 35.5. The minimum absolute atomic E-state index is 0.181. The molecule has 0 aliphatic carbocycles. The Morgan fingerprint density at radius 3 is 2.60 bits per heavy atom. The summed E-state index contributed by atoms with van der Waals surface area (Å²) in [5, 5.41) is 0.693. The van der Waals surface area contributed by atoms with E-state index in [1.165, 1.54) is 7.11 Å². The summed E-state index contributed by atoms with van der Waals surface area (Å²) in [6.45, 7) is 1.03. The zero-order chi connectivity index (χ0) is 17.9. The number of methoxy groups -OCH3 is 1. The number of ether oxygens (including phenoxy) is 1. The van der Waals surface area contributed by atoms with Crippen LogP contribution in [0.4, 0.5) is 0 Å². The molecule has 1 fully saturated rings. The fourth-order valence-corrected chi connectivity index (χ4v) is 4.93. The number of nitrogens with zero attached hydrogens (tertiary/aromatic N) is 1. The number of rotatable bonds is 4. The summed E-state index contributed by atoms with van der Waals surface area (Å²) in [7, 11) is -2.00. The molecule has 134 valence electrons. The third-order valence-electron chi connectivity index (χ3n) is 4.65. The number of benzene rings is 2. The number of hydrogen-bond donors (Lipinski definition) is 0. The maximum absolute atomic E-state index is 13.1. The van der Waals surface area contributed by atoms with Crippen LogP contribution in [0.1, 0.15) is 30.7 Å². The summed E-state index contributed by atoms with van der Waals surface area (Å²) in [5.41, 5.74) is 1.14.